The van der Waals surface area contributed by atoms with Gasteiger partial charge in [0.2, 0.25) is 0 Å². The Hall–Kier alpha value is -1.50. The Bertz CT molecular complexity index is 416. The molecule has 0 aliphatic carbocycles. The van der Waals surface area contributed by atoms with E-state index in [1.807, 2.05) is 30.3 Å². The quantitative estimate of drug-likeness (QED) is 0.638. The fourth-order valence-electron chi connectivity index (χ4n) is 1.21. The van der Waals surface area contributed by atoms with Gasteiger partial charge in [-0.1, -0.05) is 51.1 Å². The van der Waals surface area contributed by atoms with Crippen LogP contribution < -0.4 is 5.73 Å². The molecule has 2 aromatic rings. The summed E-state index contributed by atoms with van der Waals surface area (Å²) in [5.74, 6) is 0.833. The summed E-state index contributed by atoms with van der Waals surface area (Å²) in [6.07, 6.45) is 0. The van der Waals surface area contributed by atoms with Gasteiger partial charge in [-0.05, 0) is 28.8 Å². The Kier molecular flexibility index (Phi) is 4.17. The standard InChI is InChI=1S/C10H9N.C4H10/c11-10-6-5-8-3-1-2-4-9(8)7-10;1-4(2)3/h1-7H,11H2;4H,1-3H3. The minimum Gasteiger partial charge on any atom is -0.399 e. The van der Waals surface area contributed by atoms with E-state index in [0.29, 0.717) is 0 Å². The zero-order valence-electron chi connectivity index (χ0n) is 9.70. The maximum Gasteiger partial charge on any atom is 0.0320 e. The van der Waals surface area contributed by atoms with E-state index in [9.17, 15) is 0 Å². The normalized spacial score (nSPS) is 9.87. The molecule has 0 amide bonds. The first kappa shape index (κ1) is 11.6. The van der Waals surface area contributed by atoms with Gasteiger partial charge < -0.3 is 5.73 Å². The lowest BCUT2D eigenvalue weighted by molar-refractivity contribution is 0.737. The second-order valence-corrected chi connectivity index (χ2v) is 4.34. The van der Waals surface area contributed by atoms with Crippen molar-refractivity contribution in [1.82, 2.24) is 0 Å². The van der Waals surface area contributed by atoms with Gasteiger partial charge in [0, 0.05) is 5.69 Å². The van der Waals surface area contributed by atoms with Gasteiger partial charge in [0.05, 0.1) is 0 Å². The van der Waals surface area contributed by atoms with Crippen LogP contribution >= 0.6 is 0 Å². The van der Waals surface area contributed by atoms with Crippen LogP contribution in [0.4, 0.5) is 5.69 Å². The van der Waals surface area contributed by atoms with Crippen LogP contribution in [0, 0.1) is 5.92 Å². The van der Waals surface area contributed by atoms with E-state index in [-0.39, 0.29) is 0 Å². The summed E-state index contributed by atoms with van der Waals surface area (Å²) in [5.41, 5.74) is 6.45. The topological polar surface area (TPSA) is 26.0 Å². The van der Waals surface area contributed by atoms with Crippen LogP contribution in [-0.4, -0.2) is 0 Å². The predicted octanol–water partition coefficient (Wildman–Crippen LogP) is 4.08. The average Bonchev–Trinajstić information content (AvgIpc) is 2.16. The number of fused-ring (bicyclic) bond motifs is 1. The summed E-state index contributed by atoms with van der Waals surface area (Å²) in [4.78, 5) is 0. The highest BCUT2D eigenvalue weighted by Gasteiger charge is 1.89. The molecule has 80 valence electrons. The first-order chi connectivity index (χ1) is 7.09. The van der Waals surface area contributed by atoms with E-state index in [0.717, 1.165) is 11.6 Å². The van der Waals surface area contributed by atoms with E-state index in [2.05, 4.69) is 32.9 Å². The van der Waals surface area contributed by atoms with E-state index in [1.54, 1.807) is 0 Å². The third kappa shape index (κ3) is 4.03. The Balaban J connectivity index is 0.000000245. The molecule has 15 heavy (non-hydrogen) atoms. The van der Waals surface area contributed by atoms with Crippen LogP contribution in [-0.2, 0) is 0 Å². The Morgan fingerprint density at radius 1 is 0.867 bits per heavy atom. The third-order valence-corrected chi connectivity index (χ3v) is 1.77. The van der Waals surface area contributed by atoms with Crippen molar-refractivity contribution < 1.29 is 0 Å². The number of hydrogen-bond acceptors (Lipinski definition) is 1. The molecule has 2 aromatic carbocycles. The Morgan fingerprint density at radius 3 is 2.00 bits per heavy atom. The Morgan fingerprint density at radius 2 is 1.40 bits per heavy atom. The maximum atomic E-state index is 5.62. The smallest absolute Gasteiger partial charge is 0.0320 e. The van der Waals surface area contributed by atoms with Gasteiger partial charge >= 0.3 is 0 Å². The summed E-state index contributed by atoms with van der Waals surface area (Å²) in [5, 5.41) is 2.44. The van der Waals surface area contributed by atoms with E-state index < -0.39 is 0 Å². The lowest BCUT2D eigenvalue weighted by Gasteiger charge is -1.96. The van der Waals surface area contributed by atoms with Crippen LogP contribution in [0.5, 0.6) is 0 Å². The number of hydrogen-bond donors (Lipinski definition) is 1. The van der Waals surface area contributed by atoms with Gasteiger partial charge in [-0.25, -0.2) is 0 Å². The molecular formula is C14H19N. The minimum atomic E-state index is 0.823. The van der Waals surface area contributed by atoms with Crippen molar-refractivity contribution >= 4 is 16.5 Å². The molecule has 0 atom stereocenters. The monoisotopic (exact) mass is 201 g/mol. The van der Waals surface area contributed by atoms with Crippen molar-refractivity contribution in [1.29, 1.82) is 0 Å². The molecule has 0 aliphatic heterocycles. The predicted molar refractivity (Wildman–Crippen MR) is 68.9 cm³/mol. The van der Waals surface area contributed by atoms with E-state index >= 15 is 0 Å². The van der Waals surface area contributed by atoms with Crippen LogP contribution in [0.1, 0.15) is 20.8 Å². The van der Waals surface area contributed by atoms with Crippen LogP contribution in [0.3, 0.4) is 0 Å². The minimum absolute atomic E-state index is 0.823. The van der Waals surface area contributed by atoms with Crippen LogP contribution in [0.2, 0.25) is 0 Å². The summed E-state index contributed by atoms with van der Waals surface area (Å²) in [6, 6.07) is 14.1. The molecule has 0 aliphatic rings. The molecule has 2 N–H and O–H groups in total. The van der Waals surface area contributed by atoms with Gasteiger partial charge in [-0.15, -0.1) is 0 Å². The van der Waals surface area contributed by atoms with E-state index in [4.69, 9.17) is 5.73 Å². The first-order valence-electron chi connectivity index (χ1n) is 5.34. The van der Waals surface area contributed by atoms with Crippen LogP contribution in [0.25, 0.3) is 10.8 Å². The van der Waals surface area contributed by atoms with Gasteiger partial charge in [-0.2, -0.15) is 0 Å². The number of nitrogen functional groups attached to an aromatic ring is 1. The molecule has 0 spiro atoms. The molecule has 1 nitrogen and oxygen atoms in total. The zero-order chi connectivity index (χ0) is 11.3. The van der Waals surface area contributed by atoms with Crippen molar-refractivity contribution in [3.05, 3.63) is 42.5 Å². The van der Waals surface area contributed by atoms with E-state index in [1.165, 1.54) is 10.8 Å². The lowest BCUT2D eigenvalue weighted by Crippen LogP contribution is -1.82. The molecule has 1 heteroatoms. The first-order valence-corrected chi connectivity index (χ1v) is 5.34. The summed E-state index contributed by atoms with van der Waals surface area (Å²) < 4.78 is 0. The fraction of sp³-hybridized carbons (Fsp3) is 0.286. The largest absolute Gasteiger partial charge is 0.399 e. The molecule has 0 unspecified atom stereocenters. The van der Waals surface area contributed by atoms with Gasteiger partial charge in [0.25, 0.3) is 0 Å². The second-order valence-electron chi connectivity index (χ2n) is 4.34. The second kappa shape index (κ2) is 5.40. The molecule has 0 saturated heterocycles. The average molecular weight is 201 g/mol. The lowest BCUT2D eigenvalue weighted by atomic mass is 10.1. The zero-order valence-corrected chi connectivity index (χ0v) is 9.70. The van der Waals surface area contributed by atoms with Crippen molar-refractivity contribution in [2.24, 2.45) is 5.92 Å². The maximum absolute atomic E-state index is 5.62. The van der Waals surface area contributed by atoms with Gasteiger partial charge in [0.15, 0.2) is 0 Å². The highest BCUT2D eigenvalue weighted by Crippen LogP contribution is 2.15. The molecule has 0 fully saturated rings. The van der Waals surface area contributed by atoms with Gasteiger partial charge in [0.1, 0.15) is 0 Å². The van der Waals surface area contributed by atoms with Crippen molar-refractivity contribution in [2.75, 3.05) is 5.73 Å². The Labute approximate surface area is 91.9 Å². The molecule has 0 heterocycles. The number of benzene rings is 2. The molecule has 0 saturated carbocycles. The summed E-state index contributed by atoms with van der Waals surface area (Å²) >= 11 is 0. The number of rotatable bonds is 0. The number of anilines is 1. The highest BCUT2D eigenvalue weighted by molar-refractivity contribution is 5.85. The van der Waals surface area contributed by atoms with Crippen LogP contribution in [0.15, 0.2) is 42.5 Å². The highest BCUT2D eigenvalue weighted by atomic mass is 14.5. The number of nitrogens with two attached hydrogens (primary N) is 1. The summed E-state index contributed by atoms with van der Waals surface area (Å²) in [6.45, 7) is 6.50. The van der Waals surface area contributed by atoms with Crippen molar-refractivity contribution in [3.8, 4) is 0 Å². The molecule has 2 rings (SSSR count). The summed E-state index contributed by atoms with van der Waals surface area (Å²) in [7, 11) is 0. The van der Waals surface area contributed by atoms with Crippen molar-refractivity contribution in [2.45, 2.75) is 20.8 Å². The molecular weight excluding hydrogens is 182 g/mol. The van der Waals surface area contributed by atoms with Crippen molar-refractivity contribution in [3.63, 3.8) is 0 Å². The molecule has 0 aromatic heterocycles. The molecule has 0 bridgehead atoms. The SMILES string of the molecule is CC(C)C.Nc1ccc2ccccc2c1. The fourth-order valence-corrected chi connectivity index (χ4v) is 1.21. The molecule has 0 radical (unpaired) electrons. The third-order valence-electron chi connectivity index (χ3n) is 1.77. The van der Waals surface area contributed by atoms with Gasteiger partial charge in [-0.3, -0.25) is 0 Å².